The van der Waals surface area contributed by atoms with Gasteiger partial charge in [0, 0.05) is 11.0 Å². The van der Waals surface area contributed by atoms with Gasteiger partial charge < -0.3 is 10.6 Å². The molecule has 1 aromatic carbocycles. The van der Waals surface area contributed by atoms with Crippen molar-refractivity contribution < 1.29 is 4.84 Å². The first-order chi connectivity index (χ1) is 9.66. The van der Waals surface area contributed by atoms with Crippen LogP contribution in [0.4, 0.5) is 0 Å². The second-order valence-corrected chi connectivity index (χ2v) is 5.97. The Hall–Kier alpha value is -1.78. The van der Waals surface area contributed by atoms with E-state index in [-0.39, 0.29) is 12.1 Å². The van der Waals surface area contributed by atoms with E-state index in [0.717, 1.165) is 0 Å². The van der Waals surface area contributed by atoms with E-state index in [1.165, 1.54) is 16.0 Å². The minimum Gasteiger partial charge on any atom is -0.387 e. The lowest BCUT2D eigenvalue weighted by Crippen LogP contribution is -2.26. The molecule has 2 heterocycles. The average molecular weight is 286 g/mol. The third-order valence-electron chi connectivity index (χ3n) is 3.64. The van der Waals surface area contributed by atoms with Crippen LogP contribution in [0.1, 0.15) is 35.0 Å². The first kappa shape index (κ1) is 13.2. The Labute approximate surface area is 123 Å². The fraction of sp³-hybridized carbons (Fsp3) is 0.250. The Kier molecular flexibility index (Phi) is 3.51. The summed E-state index contributed by atoms with van der Waals surface area (Å²) in [5, 5.41) is 4.09. The zero-order valence-electron chi connectivity index (χ0n) is 11.6. The summed E-state index contributed by atoms with van der Waals surface area (Å²) in [5.41, 5.74) is 8.38. The molecule has 2 N–H and O–H groups in total. The largest absolute Gasteiger partial charge is 0.387 e. The van der Waals surface area contributed by atoms with E-state index in [0.29, 0.717) is 5.88 Å². The SMILES string of the molecule is Cc1ccsc1C1C=C(N)ON1C(C)c1ccccc1. The van der Waals surface area contributed by atoms with Crippen LogP contribution in [0.2, 0.25) is 0 Å². The number of aryl methyl sites for hydroxylation is 1. The van der Waals surface area contributed by atoms with Crippen molar-refractivity contribution in [3.63, 3.8) is 0 Å². The van der Waals surface area contributed by atoms with Crippen LogP contribution in [-0.2, 0) is 4.84 Å². The maximum absolute atomic E-state index is 5.89. The number of nitrogens with zero attached hydrogens (tertiary/aromatic N) is 1. The van der Waals surface area contributed by atoms with Gasteiger partial charge in [0.1, 0.15) is 6.04 Å². The molecule has 1 aromatic heterocycles. The molecule has 0 saturated heterocycles. The van der Waals surface area contributed by atoms with Gasteiger partial charge in [0.25, 0.3) is 0 Å². The van der Waals surface area contributed by atoms with Crippen molar-refractivity contribution in [2.45, 2.75) is 25.9 Å². The number of benzene rings is 1. The zero-order chi connectivity index (χ0) is 14.1. The fourth-order valence-corrected chi connectivity index (χ4v) is 3.50. The lowest BCUT2D eigenvalue weighted by molar-refractivity contribution is -0.149. The Morgan fingerprint density at radius 3 is 2.65 bits per heavy atom. The van der Waals surface area contributed by atoms with Crippen LogP contribution in [0.15, 0.2) is 53.7 Å². The summed E-state index contributed by atoms with van der Waals surface area (Å²) in [5.74, 6) is 0.477. The maximum Gasteiger partial charge on any atom is 0.207 e. The van der Waals surface area contributed by atoms with Gasteiger partial charge in [-0.15, -0.1) is 16.4 Å². The molecule has 0 aliphatic carbocycles. The molecular formula is C16H18N2OS. The molecule has 2 atom stereocenters. The summed E-state index contributed by atoms with van der Waals surface area (Å²) in [6.45, 7) is 4.26. The smallest absolute Gasteiger partial charge is 0.207 e. The molecule has 2 aromatic rings. The molecule has 3 nitrogen and oxygen atoms in total. The Morgan fingerprint density at radius 2 is 2.00 bits per heavy atom. The summed E-state index contributed by atoms with van der Waals surface area (Å²) in [6.07, 6.45) is 1.98. The van der Waals surface area contributed by atoms with Gasteiger partial charge in [-0.05, 0) is 36.4 Å². The highest BCUT2D eigenvalue weighted by molar-refractivity contribution is 7.10. The van der Waals surface area contributed by atoms with Crippen molar-refractivity contribution in [1.29, 1.82) is 0 Å². The summed E-state index contributed by atoms with van der Waals surface area (Å²) >= 11 is 1.74. The molecule has 1 aliphatic heterocycles. The maximum atomic E-state index is 5.89. The standard InChI is InChI=1S/C16H18N2OS/c1-11-8-9-20-16(11)14-10-15(17)19-18(14)12(2)13-6-4-3-5-7-13/h3-10,12,14H,17H2,1-2H3. The molecule has 0 amide bonds. The molecule has 1 aliphatic rings. The molecule has 2 unspecified atom stereocenters. The van der Waals surface area contributed by atoms with Crippen molar-refractivity contribution >= 4 is 11.3 Å². The molecule has 104 valence electrons. The van der Waals surface area contributed by atoms with Gasteiger partial charge in [0.05, 0.1) is 6.04 Å². The summed E-state index contributed by atoms with van der Waals surface area (Å²) in [7, 11) is 0. The number of hydrogen-bond acceptors (Lipinski definition) is 4. The number of nitrogens with two attached hydrogens (primary N) is 1. The second-order valence-electron chi connectivity index (χ2n) is 5.02. The van der Waals surface area contributed by atoms with Crippen LogP contribution in [0.5, 0.6) is 0 Å². The van der Waals surface area contributed by atoms with Gasteiger partial charge in [-0.3, -0.25) is 0 Å². The van der Waals surface area contributed by atoms with Crippen LogP contribution in [0, 0.1) is 6.92 Å². The second kappa shape index (κ2) is 5.31. The van der Waals surface area contributed by atoms with Gasteiger partial charge >= 0.3 is 0 Å². The van der Waals surface area contributed by atoms with Crippen LogP contribution in [0.3, 0.4) is 0 Å². The van der Waals surface area contributed by atoms with Gasteiger partial charge in [0.15, 0.2) is 0 Å². The van der Waals surface area contributed by atoms with Crippen molar-refractivity contribution in [2.75, 3.05) is 0 Å². The molecule has 3 rings (SSSR count). The molecule has 4 heteroatoms. The van der Waals surface area contributed by atoms with E-state index in [9.17, 15) is 0 Å². The number of thiophene rings is 1. The Bertz CT molecular complexity index is 620. The Morgan fingerprint density at radius 1 is 1.25 bits per heavy atom. The zero-order valence-corrected chi connectivity index (χ0v) is 12.4. The first-order valence-corrected chi connectivity index (χ1v) is 7.57. The quantitative estimate of drug-likeness (QED) is 0.930. The monoisotopic (exact) mass is 286 g/mol. The normalized spacial score (nSPS) is 20.5. The lowest BCUT2D eigenvalue weighted by Gasteiger charge is -2.28. The summed E-state index contributed by atoms with van der Waals surface area (Å²) in [4.78, 5) is 7.03. The van der Waals surface area contributed by atoms with Gasteiger partial charge in [0.2, 0.25) is 5.88 Å². The molecular weight excluding hydrogens is 268 g/mol. The number of hydrogen-bond donors (Lipinski definition) is 1. The number of hydroxylamine groups is 2. The minimum atomic E-state index is 0.0882. The third-order valence-corrected chi connectivity index (χ3v) is 4.73. The number of rotatable bonds is 3. The summed E-state index contributed by atoms with van der Waals surface area (Å²) in [6, 6.07) is 12.7. The molecule has 0 bridgehead atoms. The van der Waals surface area contributed by atoms with Crippen molar-refractivity contribution in [3.8, 4) is 0 Å². The predicted octanol–water partition coefficient (Wildman–Crippen LogP) is 3.91. The van der Waals surface area contributed by atoms with Crippen LogP contribution in [0.25, 0.3) is 0 Å². The van der Waals surface area contributed by atoms with Crippen molar-refractivity contribution in [2.24, 2.45) is 5.73 Å². The van der Waals surface area contributed by atoms with Crippen LogP contribution < -0.4 is 5.73 Å². The van der Waals surface area contributed by atoms with Crippen LogP contribution >= 0.6 is 11.3 Å². The van der Waals surface area contributed by atoms with E-state index in [4.69, 9.17) is 10.6 Å². The Balaban J connectivity index is 1.91. The minimum absolute atomic E-state index is 0.0882. The fourth-order valence-electron chi connectivity index (χ4n) is 2.52. The van der Waals surface area contributed by atoms with E-state index in [2.05, 4.69) is 37.4 Å². The molecule has 20 heavy (non-hydrogen) atoms. The highest BCUT2D eigenvalue weighted by Crippen LogP contribution is 2.40. The van der Waals surface area contributed by atoms with Gasteiger partial charge in [-0.2, -0.15) is 0 Å². The molecule has 0 saturated carbocycles. The van der Waals surface area contributed by atoms with Gasteiger partial charge in [-0.1, -0.05) is 30.3 Å². The van der Waals surface area contributed by atoms with E-state index < -0.39 is 0 Å². The lowest BCUT2D eigenvalue weighted by atomic mass is 10.1. The molecule has 0 fully saturated rings. The van der Waals surface area contributed by atoms with Gasteiger partial charge in [-0.25, -0.2) is 0 Å². The van der Waals surface area contributed by atoms with Crippen LogP contribution in [-0.4, -0.2) is 5.06 Å². The van der Waals surface area contributed by atoms with Crippen molar-refractivity contribution in [1.82, 2.24) is 5.06 Å². The predicted molar refractivity (Wildman–Crippen MR) is 81.8 cm³/mol. The van der Waals surface area contributed by atoms with Crippen molar-refractivity contribution in [3.05, 3.63) is 69.7 Å². The molecule has 0 radical (unpaired) electrons. The topological polar surface area (TPSA) is 38.5 Å². The highest BCUT2D eigenvalue weighted by atomic mass is 32.1. The summed E-state index contributed by atoms with van der Waals surface area (Å²) < 4.78 is 0. The first-order valence-electron chi connectivity index (χ1n) is 6.69. The molecule has 0 spiro atoms. The third kappa shape index (κ3) is 2.32. The van der Waals surface area contributed by atoms with E-state index in [1.54, 1.807) is 11.3 Å². The van der Waals surface area contributed by atoms with E-state index >= 15 is 0 Å². The van der Waals surface area contributed by atoms with E-state index in [1.807, 2.05) is 29.3 Å². The average Bonchev–Trinajstić information content (AvgIpc) is 3.04. The highest BCUT2D eigenvalue weighted by Gasteiger charge is 2.33.